The molecular formula is C14H17FN2. The number of hydrogen-bond donors (Lipinski definition) is 1. The van der Waals surface area contributed by atoms with E-state index in [4.69, 9.17) is 0 Å². The average Bonchev–Trinajstić information content (AvgIpc) is 2.35. The van der Waals surface area contributed by atoms with Gasteiger partial charge < -0.3 is 5.32 Å². The van der Waals surface area contributed by atoms with Crippen molar-refractivity contribution < 1.29 is 4.39 Å². The molecule has 0 aliphatic carbocycles. The van der Waals surface area contributed by atoms with Crippen LogP contribution < -0.4 is 5.32 Å². The molecule has 1 aliphatic rings. The molecular weight excluding hydrogens is 215 g/mol. The van der Waals surface area contributed by atoms with E-state index in [2.05, 4.69) is 22.1 Å². The second-order valence-corrected chi connectivity index (χ2v) is 4.29. The Balaban J connectivity index is 1.93. The zero-order valence-electron chi connectivity index (χ0n) is 10.1. The van der Waals surface area contributed by atoms with E-state index in [1.54, 1.807) is 13.0 Å². The molecule has 1 aromatic rings. The van der Waals surface area contributed by atoms with E-state index in [0.29, 0.717) is 5.56 Å². The van der Waals surface area contributed by atoms with Gasteiger partial charge in [-0.25, -0.2) is 4.39 Å². The van der Waals surface area contributed by atoms with Crippen LogP contribution in [0.15, 0.2) is 18.2 Å². The number of halogens is 1. The molecule has 0 spiro atoms. The van der Waals surface area contributed by atoms with Gasteiger partial charge in [0.1, 0.15) is 5.82 Å². The number of nitrogens with zero attached hydrogens (tertiary/aromatic N) is 1. The summed E-state index contributed by atoms with van der Waals surface area (Å²) in [6.45, 7) is 6.65. The first-order valence-corrected chi connectivity index (χ1v) is 5.94. The lowest BCUT2D eigenvalue weighted by Gasteiger charge is -2.24. The highest BCUT2D eigenvalue weighted by Gasteiger charge is 2.06. The van der Waals surface area contributed by atoms with Crippen molar-refractivity contribution in [2.24, 2.45) is 0 Å². The van der Waals surface area contributed by atoms with Gasteiger partial charge in [0.05, 0.1) is 6.54 Å². The molecule has 1 heterocycles. The van der Waals surface area contributed by atoms with E-state index in [1.807, 2.05) is 6.07 Å². The van der Waals surface area contributed by atoms with Crippen molar-refractivity contribution in [3.63, 3.8) is 0 Å². The molecule has 0 bridgehead atoms. The van der Waals surface area contributed by atoms with Gasteiger partial charge in [0, 0.05) is 31.7 Å². The van der Waals surface area contributed by atoms with Crippen molar-refractivity contribution >= 4 is 0 Å². The van der Waals surface area contributed by atoms with Crippen LogP contribution in [0.3, 0.4) is 0 Å². The number of benzene rings is 1. The van der Waals surface area contributed by atoms with Gasteiger partial charge in [-0.3, -0.25) is 4.90 Å². The first-order chi connectivity index (χ1) is 8.25. The zero-order valence-corrected chi connectivity index (χ0v) is 10.1. The summed E-state index contributed by atoms with van der Waals surface area (Å²) in [5.41, 5.74) is 1.42. The molecule has 2 rings (SSSR count). The fourth-order valence-electron chi connectivity index (χ4n) is 1.79. The third-order valence-corrected chi connectivity index (χ3v) is 2.92. The normalized spacial score (nSPS) is 16.4. The number of hydrogen-bond acceptors (Lipinski definition) is 2. The van der Waals surface area contributed by atoms with Crippen molar-refractivity contribution in [3.8, 4) is 11.8 Å². The van der Waals surface area contributed by atoms with Gasteiger partial charge in [0.2, 0.25) is 0 Å². The van der Waals surface area contributed by atoms with Crippen molar-refractivity contribution in [1.29, 1.82) is 0 Å². The van der Waals surface area contributed by atoms with Gasteiger partial charge in [0.25, 0.3) is 0 Å². The minimum Gasteiger partial charge on any atom is -0.314 e. The Morgan fingerprint density at radius 2 is 2.12 bits per heavy atom. The third-order valence-electron chi connectivity index (χ3n) is 2.92. The van der Waals surface area contributed by atoms with Gasteiger partial charge in [-0.05, 0) is 24.6 Å². The molecule has 1 aromatic carbocycles. The first-order valence-electron chi connectivity index (χ1n) is 5.94. The summed E-state index contributed by atoms with van der Waals surface area (Å²) in [7, 11) is 0. The Morgan fingerprint density at radius 3 is 2.82 bits per heavy atom. The summed E-state index contributed by atoms with van der Waals surface area (Å²) in [6.07, 6.45) is 0. The molecule has 2 nitrogen and oxygen atoms in total. The topological polar surface area (TPSA) is 15.3 Å². The Bertz CT molecular complexity index is 439. The lowest BCUT2D eigenvalue weighted by molar-refractivity contribution is 0.268. The molecule has 1 N–H and O–H groups in total. The smallest absolute Gasteiger partial charge is 0.127 e. The molecule has 3 heteroatoms. The van der Waals surface area contributed by atoms with Crippen LogP contribution in [-0.4, -0.2) is 37.6 Å². The maximum atomic E-state index is 13.3. The fraction of sp³-hybridized carbons (Fsp3) is 0.429. The summed E-state index contributed by atoms with van der Waals surface area (Å²) in [4.78, 5) is 2.30. The Kier molecular flexibility index (Phi) is 4.13. The number of piperazine rings is 1. The Morgan fingerprint density at radius 1 is 1.35 bits per heavy atom. The molecule has 17 heavy (non-hydrogen) atoms. The molecule has 0 unspecified atom stereocenters. The molecule has 0 atom stereocenters. The van der Waals surface area contributed by atoms with E-state index < -0.39 is 0 Å². The Labute approximate surface area is 102 Å². The van der Waals surface area contributed by atoms with Crippen molar-refractivity contribution in [2.75, 3.05) is 32.7 Å². The predicted octanol–water partition coefficient (Wildman–Crippen LogP) is 1.39. The summed E-state index contributed by atoms with van der Waals surface area (Å²) in [5, 5.41) is 3.30. The molecule has 0 amide bonds. The number of nitrogens with one attached hydrogen (secondary N) is 1. The van der Waals surface area contributed by atoms with E-state index >= 15 is 0 Å². The second-order valence-electron chi connectivity index (χ2n) is 4.29. The summed E-state index contributed by atoms with van der Waals surface area (Å²) < 4.78 is 13.3. The minimum absolute atomic E-state index is 0.182. The molecule has 1 aliphatic heterocycles. The van der Waals surface area contributed by atoms with Crippen LogP contribution in [0.25, 0.3) is 0 Å². The van der Waals surface area contributed by atoms with E-state index in [9.17, 15) is 4.39 Å². The second kappa shape index (κ2) is 5.81. The van der Waals surface area contributed by atoms with Gasteiger partial charge >= 0.3 is 0 Å². The first kappa shape index (κ1) is 12.1. The summed E-state index contributed by atoms with van der Waals surface area (Å²) >= 11 is 0. The highest BCUT2D eigenvalue weighted by Crippen LogP contribution is 2.07. The predicted molar refractivity (Wildman–Crippen MR) is 67.3 cm³/mol. The average molecular weight is 232 g/mol. The standard InChI is InChI=1S/C14H17FN2/c1-12-4-5-13(11-14(12)15)3-2-8-17-9-6-16-7-10-17/h4-5,11,16H,6-10H2,1H3. The van der Waals surface area contributed by atoms with Gasteiger partial charge in [-0.1, -0.05) is 17.9 Å². The van der Waals surface area contributed by atoms with Crippen LogP contribution in [0.1, 0.15) is 11.1 Å². The lowest BCUT2D eigenvalue weighted by Crippen LogP contribution is -2.43. The van der Waals surface area contributed by atoms with Crippen LogP contribution in [0, 0.1) is 24.6 Å². The maximum absolute atomic E-state index is 13.3. The van der Waals surface area contributed by atoms with E-state index in [1.165, 1.54) is 6.07 Å². The van der Waals surface area contributed by atoms with Crippen molar-refractivity contribution in [2.45, 2.75) is 6.92 Å². The van der Waals surface area contributed by atoms with Gasteiger partial charge in [0.15, 0.2) is 0 Å². The fourth-order valence-corrected chi connectivity index (χ4v) is 1.79. The van der Waals surface area contributed by atoms with Crippen LogP contribution >= 0.6 is 0 Å². The highest BCUT2D eigenvalue weighted by molar-refractivity contribution is 5.36. The van der Waals surface area contributed by atoms with Crippen molar-refractivity contribution in [3.05, 3.63) is 35.1 Å². The summed E-state index contributed by atoms with van der Waals surface area (Å²) in [6, 6.07) is 5.13. The van der Waals surface area contributed by atoms with Crippen LogP contribution in [0.4, 0.5) is 4.39 Å². The van der Waals surface area contributed by atoms with E-state index in [-0.39, 0.29) is 5.82 Å². The number of rotatable bonds is 1. The van der Waals surface area contributed by atoms with E-state index in [0.717, 1.165) is 38.3 Å². The van der Waals surface area contributed by atoms with Crippen LogP contribution in [-0.2, 0) is 0 Å². The van der Waals surface area contributed by atoms with Gasteiger partial charge in [-0.15, -0.1) is 0 Å². The summed E-state index contributed by atoms with van der Waals surface area (Å²) in [5.74, 6) is 5.93. The molecule has 90 valence electrons. The zero-order chi connectivity index (χ0) is 12.1. The SMILES string of the molecule is Cc1ccc(C#CCN2CCNCC2)cc1F. The number of aryl methyl sites for hydroxylation is 1. The molecule has 1 fully saturated rings. The van der Waals surface area contributed by atoms with Gasteiger partial charge in [-0.2, -0.15) is 0 Å². The highest BCUT2D eigenvalue weighted by atomic mass is 19.1. The molecule has 0 saturated carbocycles. The monoisotopic (exact) mass is 232 g/mol. The third kappa shape index (κ3) is 3.55. The molecule has 0 radical (unpaired) electrons. The largest absolute Gasteiger partial charge is 0.314 e. The lowest BCUT2D eigenvalue weighted by atomic mass is 10.1. The minimum atomic E-state index is -0.182. The Hall–Kier alpha value is -1.37. The van der Waals surface area contributed by atoms with Crippen LogP contribution in [0.2, 0.25) is 0 Å². The van der Waals surface area contributed by atoms with Crippen molar-refractivity contribution in [1.82, 2.24) is 10.2 Å². The maximum Gasteiger partial charge on any atom is 0.127 e. The quantitative estimate of drug-likeness (QED) is 0.736. The molecule has 1 saturated heterocycles. The molecule has 0 aromatic heterocycles. The van der Waals surface area contributed by atoms with Crippen LogP contribution in [0.5, 0.6) is 0 Å².